The molecule has 0 aliphatic carbocycles. The first-order valence-electron chi connectivity index (χ1n) is 12.0. The lowest BCUT2D eigenvalue weighted by molar-refractivity contribution is -0.134. The Hall–Kier alpha value is -3.03. The van der Waals surface area contributed by atoms with E-state index in [9.17, 15) is 9.59 Å². The third kappa shape index (κ3) is 5.22. The lowest BCUT2D eigenvalue weighted by atomic mass is 9.93. The van der Waals surface area contributed by atoms with E-state index >= 15 is 0 Å². The van der Waals surface area contributed by atoms with E-state index in [2.05, 4.69) is 11.4 Å². The summed E-state index contributed by atoms with van der Waals surface area (Å²) in [5, 5.41) is 2.73. The van der Waals surface area contributed by atoms with Crippen molar-refractivity contribution in [3.05, 3.63) is 80.5 Å². The minimum atomic E-state index is -0.242. The number of rotatable bonds is 8. The van der Waals surface area contributed by atoms with Crippen LogP contribution in [0.2, 0.25) is 5.02 Å². The van der Waals surface area contributed by atoms with Gasteiger partial charge in [0.15, 0.2) is 0 Å². The molecule has 6 nitrogen and oxygen atoms in total. The van der Waals surface area contributed by atoms with Crippen LogP contribution in [-0.2, 0) is 11.2 Å². The fraction of sp³-hybridized carbons (Fsp3) is 0.357. The van der Waals surface area contributed by atoms with Crippen LogP contribution in [0.3, 0.4) is 0 Å². The Morgan fingerprint density at radius 1 is 1.14 bits per heavy atom. The minimum Gasteiger partial charge on any atom is -0.497 e. The summed E-state index contributed by atoms with van der Waals surface area (Å²) >= 11 is 7.86. The highest BCUT2D eigenvalue weighted by atomic mass is 35.5. The minimum absolute atomic E-state index is 0.0212. The molecule has 0 N–H and O–H groups in total. The van der Waals surface area contributed by atoms with Gasteiger partial charge in [0, 0.05) is 28.6 Å². The zero-order chi connectivity index (χ0) is 25.8. The number of halogens is 1. The van der Waals surface area contributed by atoms with Crippen LogP contribution in [0.5, 0.6) is 11.5 Å². The second kappa shape index (κ2) is 11.4. The molecular weight excluding hydrogens is 496 g/mol. The van der Waals surface area contributed by atoms with E-state index in [1.165, 1.54) is 12.0 Å². The molecule has 1 aromatic heterocycles. The van der Waals surface area contributed by atoms with Crippen molar-refractivity contribution in [3.8, 4) is 11.5 Å². The van der Waals surface area contributed by atoms with Gasteiger partial charge in [-0.2, -0.15) is 0 Å². The fourth-order valence-corrected chi connectivity index (χ4v) is 5.63. The molecule has 8 heteroatoms. The van der Waals surface area contributed by atoms with Crippen molar-refractivity contribution in [2.24, 2.45) is 0 Å². The number of amides is 2. The summed E-state index contributed by atoms with van der Waals surface area (Å²) in [6, 6.07) is 14.5. The van der Waals surface area contributed by atoms with E-state index in [0.29, 0.717) is 35.1 Å². The van der Waals surface area contributed by atoms with E-state index < -0.39 is 0 Å². The maximum Gasteiger partial charge on any atom is 0.258 e. The first kappa shape index (κ1) is 26.0. The molecule has 2 amide bonds. The van der Waals surface area contributed by atoms with Gasteiger partial charge in [-0.3, -0.25) is 9.59 Å². The summed E-state index contributed by atoms with van der Waals surface area (Å²) in [6.07, 6.45) is 1.51. The van der Waals surface area contributed by atoms with E-state index in [-0.39, 0.29) is 30.4 Å². The van der Waals surface area contributed by atoms with Crippen molar-refractivity contribution in [1.29, 1.82) is 0 Å². The molecule has 3 aromatic rings. The summed E-state index contributed by atoms with van der Waals surface area (Å²) in [6.45, 7) is 4.54. The molecule has 0 fully saturated rings. The van der Waals surface area contributed by atoms with Crippen LogP contribution in [0, 0.1) is 0 Å². The molecule has 0 radical (unpaired) electrons. The Bertz CT molecular complexity index is 1230. The van der Waals surface area contributed by atoms with Gasteiger partial charge in [-0.05, 0) is 66.6 Å². The molecule has 2 aromatic carbocycles. The second-order valence-corrected chi connectivity index (χ2v) is 10.3. The third-order valence-corrected chi connectivity index (χ3v) is 8.05. The van der Waals surface area contributed by atoms with Crippen LogP contribution in [0.15, 0.2) is 53.9 Å². The van der Waals surface area contributed by atoms with Gasteiger partial charge in [-0.15, -0.1) is 11.3 Å². The summed E-state index contributed by atoms with van der Waals surface area (Å²) in [4.78, 5) is 32.4. The molecule has 4 rings (SSSR count). The number of hydrogen-bond donors (Lipinski definition) is 0. The van der Waals surface area contributed by atoms with Crippen molar-refractivity contribution in [3.63, 3.8) is 0 Å². The normalized spacial score (nSPS) is 15.7. The van der Waals surface area contributed by atoms with Gasteiger partial charge in [0.25, 0.3) is 5.91 Å². The smallest absolute Gasteiger partial charge is 0.258 e. The molecule has 1 aliphatic heterocycles. The van der Waals surface area contributed by atoms with Crippen LogP contribution in [0.4, 0.5) is 0 Å². The van der Waals surface area contributed by atoms with Crippen molar-refractivity contribution >= 4 is 34.8 Å². The number of methoxy groups -OCH3 is 2. The van der Waals surface area contributed by atoms with E-state index in [1.54, 1.807) is 41.5 Å². The van der Waals surface area contributed by atoms with Gasteiger partial charge in [0.2, 0.25) is 5.91 Å². The molecule has 0 bridgehead atoms. The largest absolute Gasteiger partial charge is 0.497 e. The number of carbonyl (C=O) groups excluding carboxylic acids is 2. The highest BCUT2D eigenvalue weighted by Crippen LogP contribution is 2.38. The van der Waals surface area contributed by atoms with E-state index in [1.807, 2.05) is 43.0 Å². The standard InChI is InChI=1S/C28H31ClN2O4S/c1-5-18(2)31(28(33)22-11-10-21(34-3)16-24(22)35-4)17-26(32)30-14-12-25-23(13-15-36-25)27(30)19-6-8-20(29)9-7-19/h6-11,13,15-16,18,27H,5,12,14,17H2,1-4H3/t18-,27-/m0/s1. The molecule has 190 valence electrons. The van der Waals surface area contributed by atoms with Gasteiger partial charge in [-0.1, -0.05) is 30.7 Å². The van der Waals surface area contributed by atoms with Crippen LogP contribution in [0.1, 0.15) is 52.7 Å². The zero-order valence-electron chi connectivity index (χ0n) is 21.0. The molecule has 2 atom stereocenters. The van der Waals surface area contributed by atoms with Crippen molar-refractivity contribution in [2.75, 3.05) is 27.3 Å². The highest BCUT2D eigenvalue weighted by molar-refractivity contribution is 7.10. The molecule has 0 unspecified atom stereocenters. The van der Waals surface area contributed by atoms with E-state index in [0.717, 1.165) is 17.5 Å². The fourth-order valence-electron chi connectivity index (χ4n) is 4.60. The summed E-state index contributed by atoms with van der Waals surface area (Å²) < 4.78 is 10.8. The second-order valence-electron chi connectivity index (χ2n) is 8.85. The predicted molar refractivity (Wildman–Crippen MR) is 143 cm³/mol. The van der Waals surface area contributed by atoms with Gasteiger partial charge in [0.05, 0.1) is 25.8 Å². The first-order chi connectivity index (χ1) is 17.4. The van der Waals surface area contributed by atoms with Gasteiger partial charge >= 0.3 is 0 Å². The van der Waals surface area contributed by atoms with Crippen LogP contribution in [0.25, 0.3) is 0 Å². The molecule has 36 heavy (non-hydrogen) atoms. The first-order valence-corrected chi connectivity index (χ1v) is 13.3. The lowest BCUT2D eigenvalue weighted by Gasteiger charge is -2.38. The Morgan fingerprint density at radius 3 is 2.56 bits per heavy atom. The van der Waals surface area contributed by atoms with E-state index in [4.69, 9.17) is 21.1 Å². The van der Waals surface area contributed by atoms with Gasteiger partial charge < -0.3 is 19.3 Å². The molecular formula is C28H31ClN2O4S. The van der Waals surface area contributed by atoms with Gasteiger partial charge in [-0.25, -0.2) is 0 Å². The Labute approximate surface area is 221 Å². The van der Waals surface area contributed by atoms with Crippen LogP contribution >= 0.6 is 22.9 Å². The Morgan fingerprint density at radius 2 is 1.89 bits per heavy atom. The molecule has 2 heterocycles. The number of nitrogens with zero attached hydrogens (tertiary/aromatic N) is 2. The quantitative estimate of drug-likeness (QED) is 0.370. The number of benzene rings is 2. The number of hydrogen-bond acceptors (Lipinski definition) is 5. The SMILES string of the molecule is CC[C@H](C)N(CC(=O)N1CCc2sccc2[C@@H]1c1ccc(Cl)cc1)C(=O)c1ccc(OC)cc1OC. The van der Waals surface area contributed by atoms with Crippen molar-refractivity contribution in [1.82, 2.24) is 9.80 Å². The average Bonchev–Trinajstić information content (AvgIpc) is 3.39. The Kier molecular flexibility index (Phi) is 8.21. The Balaban J connectivity index is 1.65. The zero-order valence-corrected chi connectivity index (χ0v) is 22.6. The maximum absolute atomic E-state index is 13.9. The number of carbonyl (C=O) groups is 2. The number of fused-ring (bicyclic) bond motifs is 1. The molecule has 0 saturated carbocycles. The maximum atomic E-state index is 13.9. The number of thiophene rings is 1. The molecule has 0 spiro atoms. The van der Waals surface area contributed by atoms with Crippen LogP contribution in [-0.4, -0.2) is 55.0 Å². The average molecular weight is 527 g/mol. The summed E-state index contributed by atoms with van der Waals surface area (Å²) in [5.41, 5.74) is 2.55. The van der Waals surface area contributed by atoms with Gasteiger partial charge in [0.1, 0.15) is 18.0 Å². The monoisotopic (exact) mass is 526 g/mol. The summed E-state index contributed by atoms with van der Waals surface area (Å²) in [7, 11) is 3.09. The topological polar surface area (TPSA) is 59.1 Å². The molecule has 0 saturated heterocycles. The lowest BCUT2D eigenvalue weighted by Crippen LogP contribution is -2.49. The summed E-state index contributed by atoms with van der Waals surface area (Å²) in [5.74, 6) is 0.682. The van der Waals surface area contributed by atoms with Crippen LogP contribution < -0.4 is 9.47 Å². The third-order valence-electron chi connectivity index (χ3n) is 6.80. The molecule has 1 aliphatic rings. The highest BCUT2D eigenvalue weighted by Gasteiger charge is 2.35. The number of ether oxygens (including phenoxy) is 2. The predicted octanol–water partition coefficient (Wildman–Crippen LogP) is 5.83. The van der Waals surface area contributed by atoms with Crippen molar-refractivity contribution in [2.45, 2.75) is 38.8 Å². The van der Waals surface area contributed by atoms with Crippen molar-refractivity contribution < 1.29 is 19.1 Å².